The van der Waals surface area contributed by atoms with Gasteiger partial charge in [0.15, 0.2) is 0 Å². The van der Waals surface area contributed by atoms with Gasteiger partial charge in [0.2, 0.25) is 0 Å². The third-order valence-corrected chi connectivity index (χ3v) is 5.53. The third kappa shape index (κ3) is 3.33. The molecule has 0 spiro atoms. The third-order valence-electron chi connectivity index (χ3n) is 5.53. The summed E-state index contributed by atoms with van der Waals surface area (Å²) in [5.41, 5.74) is 3.45. The first-order chi connectivity index (χ1) is 12.8. The number of rotatable bonds is 4. The molecule has 8 heteroatoms. The molecule has 0 saturated carbocycles. The minimum atomic E-state index is 0.0459. The van der Waals surface area contributed by atoms with E-state index in [0.717, 1.165) is 44.7 Å². The monoisotopic (exact) mass is 364 g/mol. The van der Waals surface area contributed by atoms with Crippen molar-refractivity contribution in [1.82, 2.24) is 19.6 Å². The molecule has 3 aliphatic heterocycles. The fourth-order valence-electron chi connectivity index (χ4n) is 4.18. The van der Waals surface area contributed by atoms with E-state index in [0.29, 0.717) is 39.5 Å². The molecule has 1 atom stereocenters. The Morgan fingerprint density at radius 3 is 2.88 bits per heavy atom. The number of ether oxygens (including phenoxy) is 3. The van der Waals surface area contributed by atoms with Crippen LogP contribution >= 0.6 is 0 Å². The molecular formula is C18H28N4O4. The fraction of sp³-hybridized carbons (Fsp3) is 0.778. The first kappa shape index (κ1) is 17.8. The van der Waals surface area contributed by atoms with Gasteiger partial charge in [-0.15, -0.1) is 0 Å². The van der Waals surface area contributed by atoms with Crippen molar-refractivity contribution in [2.45, 2.75) is 38.5 Å². The molecule has 0 radical (unpaired) electrons. The van der Waals surface area contributed by atoms with Crippen LogP contribution in [0, 0.1) is 0 Å². The predicted octanol–water partition coefficient (Wildman–Crippen LogP) is 1.19. The minimum absolute atomic E-state index is 0.0459. The van der Waals surface area contributed by atoms with Crippen LogP contribution in [0.25, 0.3) is 0 Å². The highest BCUT2D eigenvalue weighted by atomic mass is 16.5. The van der Waals surface area contributed by atoms with E-state index < -0.39 is 0 Å². The summed E-state index contributed by atoms with van der Waals surface area (Å²) in [6.07, 6.45) is 2.85. The normalized spacial score (nSPS) is 23.3. The quantitative estimate of drug-likeness (QED) is 0.803. The highest BCUT2D eigenvalue weighted by Gasteiger charge is 2.37. The van der Waals surface area contributed by atoms with Gasteiger partial charge in [-0.3, -0.25) is 4.68 Å². The zero-order chi connectivity index (χ0) is 17.9. The summed E-state index contributed by atoms with van der Waals surface area (Å²) in [6, 6.07) is 0.164. The van der Waals surface area contributed by atoms with Crippen LogP contribution in [0.3, 0.4) is 0 Å². The Hall–Kier alpha value is -1.64. The first-order valence-corrected chi connectivity index (χ1v) is 9.58. The number of urea groups is 1. The summed E-state index contributed by atoms with van der Waals surface area (Å²) in [6.45, 7) is 6.08. The van der Waals surface area contributed by atoms with Crippen LogP contribution in [0.4, 0.5) is 4.79 Å². The lowest BCUT2D eigenvalue weighted by Crippen LogP contribution is -2.48. The molecule has 0 N–H and O–H groups in total. The number of carbonyl (C=O) groups excluding carboxylic acids is 1. The number of nitrogens with zero attached hydrogens (tertiary/aromatic N) is 4. The maximum atomic E-state index is 13.0. The highest BCUT2D eigenvalue weighted by Crippen LogP contribution is 2.36. The molecule has 0 bridgehead atoms. The summed E-state index contributed by atoms with van der Waals surface area (Å²) in [5.74, 6) is 0. The Labute approximate surface area is 154 Å². The van der Waals surface area contributed by atoms with E-state index in [1.54, 1.807) is 7.11 Å². The Kier molecular flexibility index (Phi) is 5.42. The van der Waals surface area contributed by atoms with E-state index in [9.17, 15) is 4.79 Å². The minimum Gasteiger partial charge on any atom is -0.383 e. The van der Waals surface area contributed by atoms with E-state index >= 15 is 0 Å². The second-order valence-corrected chi connectivity index (χ2v) is 7.06. The topological polar surface area (TPSA) is 69.1 Å². The van der Waals surface area contributed by atoms with E-state index in [4.69, 9.17) is 19.3 Å². The maximum absolute atomic E-state index is 13.0. The zero-order valence-corrected chi connectivity index (χ0v) is 15.5. The number of methoxy groups -OCH3 is 1. The fourth-order valence-corrected chi connectivity index (χ4v) is 4.18. The van der Waals surface area contributed by atoms with Crippen LogP contribution < -0.4 is 0 Å². The van der Waals surface area contributed by atoms with Crippen LogP contribution in [-0.2, 0) is 33.8 Å². The van der Waals surface area contributed by atoms with E-state index in [1.807, 2.05) is 9.80 Å². The molecule has 1 aromatic rings. The molecule has 144 valence electrons. The summed E-state index contributed by atoms with van der Waals surface area (Å²) in [5, 5.41) is 4.91. The number of aromatic nitrogens is 2. The lowest BCUT2D eigenvalue weighted by atomic mass is 10.0. The molecule has 26 heavy (non-hydrogen) atoms. The van der Waals surface area contributed by atoms with Crippen molar-refractivity contribution >= 4 is 6.03 Å². The number of amides is 2. The molecule has 3 aliphatic rings. The molecule has 0 aliphatic carbocycles. The van der Waals surface area contributed by atoms with Crippen molar-refractivity contribution in [3.05, 3.63) is 17.0 Å². The van der Waals surface area contributed by atoms with Gasteiger partial charge in [-0.05, 0) is 12.8 Å². The number of likely N-dealkylation sites (tertiary alicyclic amines) is 1. The van der Waals surface area contributed by atoms with Crippen molar-refractivity contribution in [3.8, 4) is 0 Å². The van der Waals surface area contributed by atoms with Crippen molar-refractivity contribution in [2.24, 2.45) is 0 Å². The second-order valence-electron chi connectivity index (χ2n) is 7.06. The molecule has 0 aromatic carbocycles. The highest BCUT2D eigenvalue weighted by molar-refractivity contribution is 5.75. The van der Waals surface area contributed by atoms with Gasteiger partial charge in [-0.2, -0.15) is 5.10 Å². The van der Waals surface area contributed by atoms with Gasteiger partial charge in [-0.1, -0.05) is 0 Å². The van der Waals surface area contributed by atoms with Gasteiger partial charge in [0, 0.05) is 44.4 Å². The summed E-state index contributed by atoms with van der Waals surface area (Å²) >= 11 is 0. The van der Waals surface area contributed by atoms with Crippen LogP contribution in [0.5, 0.6) is 0 Å². The number of morpholine rings is 1. The molecule has 8 nitrogen and oxygen atoms in total. The van der Waals surface area contributed by atoms with Gasteiger partial charge in [0.1, 0.15) is 0 Å². The average molecular weight is 364 g/mol. The largest absolute Gasteiger partial charge is 0.383 e. The lowest BCUT2D eigenvalue weighted by Gasteiger charge is -2.33. The molecular weight excluding hydrogens is 336 g/mol. The van der Waals surface area contributed by atoms with Crippen LogP contribution in [0.2, 0.25) is 0 Å². The maximum Gasteiger partial charge on any atom is 0.320 e. The van der Waals surface area contributed by atoms with Gasteiger partial charge in [0.05, 0.1) is 51.3 Å². The van der Waals surface area contributed by atoms with Gasteiger partial charge < -0.3 is 24.0 Å². The van der Waals surface area contributed by atoms with Gasteiger partial charge >= 0.3 is 6.03 Å². The molecule has 4 heterocycles. The Bertz CT molecular complexity index is 641. The summed E-state index contributed by atoms with van der Waals surface area (Å²) < 4.78 is 18.4. The van der Waals surface area contributed by atoms with Gasteiger partial charge in [-0.25, -0.2) is 4.79 Å². The van der Waals surface area contributed by atoms with Crippen LogP contribution in [0.1, 0.15) is 35.8 Å². The summed E-state index contributed by atoms with van der Waals surface area (Å²) in [7, 11) is 1.71. The average Bonchev–Trinajstić information content (AvgIpc) is 3.31. The smallest absolute Gasteiger partial charge is 0.320 e. The molecule has 1 aromatic heterocycles. The molecule has 2 fully saturated rings. The Morgan fingerprint density at radius 2 is 2.08 bits per heavy atom. The number of hydrogen-bond donors (Lipinski definition) is 0. The molecule has 2 amide bonds. The lowest BCUT2D eigenvalue weighted by molar-refractivity contribution is 0.0418. The Balaban J connectivity index is 1.59. The van der Waals surface area contributed by atoms with Crippen LogP contribution in [0.15, 0.2) is 0 Å². The molecule has 1 unspecified atom stereocenters. The van der Waals surface area contributed by atoms with E-state index in [-0.39, 0.29) is 12.1 Å². The van der Waals surface area contributed by atoms with E-state index in [1.165, 1.54) is 11.3 Å². The SMILES string of the molecule is COCCn1nc(C2CCCN2C(=O)N2CCOCC2)c2c1CCOC2. The van der Waals surface area contributed by atoms with E-state index in [2.05, 4.69) is 4.68 Å². The van der Waals surface area contributed by atoms with Crippen molar-refractivity contribution in [1.29, 1.82) is 0 Å². The number of carbonyl (C=O) groups is 1. The Morgan fingerprint density at radius 1 is 1.23 bits per heavy atom. The molecule has 4 rings (SSSR count). The first-order valence-electron chi connectivity index (χ1n) is 9.58. The zero-order valence-electron chi connectivity index (χ0n) is 15.5. The molecule has 2 saturated heterocycles. The van der Waals surface area contributed by atoms with Gasteiger partial charge in [0.25, 0.3) is 0 Å². The number of fused-ring (bicyclic) bond motifs is 1. The second kappa shape index (κ2) is 7.94. The number of hydrogen-bond acceptors (Lipinski definition) is 5. The van der Waals surface area contributed by atoms with Crippen molar-refractivity contribution < 1.29 is 19.0 Å². The van der Waals surface area contributed by atoms with Crippen LogP contribution in [-0.4, -0.2) is 78.8 Å². The standard InChI is InChI=1S/C18H28N4O4/c1-24-10-8-22-15-4-9-26-13-14(15)17(19-22)16-3-2-5-21(16)18(23)20-6-11-25-12-7-20/h16H,2-13H2,1H3. The van der Waals surface area contributed by atoms with Crippen molar-refractivity contribution in [3.63, 3.8) is 0 Å². The summed E-state index contributed by atoms with van der Waals surface area (Å²) in [4.78, 5) is 17.0. The predicted molar refractivity (Wildman–Crippen MR) is 93.9 cm³/mol. The van der Waals surface area contributed by atoms with Crippen molar-refractivity contribution in [2.75, 3.05) is 53.2 Å².